The van der Waals surface area contributed by atoms with Crippen LogP contribution in [0.4, 0.5) is 0 Å². The second-order valence-electron chi connectivity index (χ2n) is 2.06. The fourth-order valence-corrected chi connectivity index (χ4v) is 0.648. The Morgan fingerprint density at radius 1 is 1.56 bits per heavy atom. The van der Waals surface area contributed by atoms with Crippen LogP contribution >= 0.6 is 0 Å². The second kappa shape index (κ2) is 5.79. The van der Waals surface area contributed by atoms with Gasteiger partial charge in [0.1, 0.15) is 0 Å². The Hall–Kier alpha value is -0.340. The zero-order valence-corrected chi connectivity index (χ0v) is 6.49. The van der Waals surface area contributed by atoms with Crippen LogP contribution in [-0.4, -0.2) is 13.6 Å². The van der Waals surface area contributed by atoms with E-state index >= 15 is 0 Å². The third-order valence-corrected chi connectivity index (χ3v) is 1.10. The highest BCUT2D eigenvalue weighted by atomic mass is 15.3. The summed E-state index contributed by atoms with van der Waals surface area (Å²) in [5.74, 6) is 0. The summed E-state index contributed by atoms with van der Waals surface area (Å²) in [7, 11) is 1.87. The monoisotopic (exact) mass is 128 g/mol. The first kappa shape index (κ1) is 8.66. The summed E-state index contributed by atoms with van der Waals surface area (Å²) in [6, 6.07) is 0. The molecule has 0 atom stereocenters. The van der Waals surface area contributed by atoms with Gasteiger partial charge in [-0.15, -0.1) is 0 Å². The molecule has 0 saturated heterocycles. The Labute approximate surface area is 57.3 Å². The van der Waals surface area contributed by atoms with Crippen LogP contribution in [0.25, 0.3) is 0 Å². The van der Waals surface area contributed by atoms with Gasteiger partial charge in [0.05, 0.1) is 0 Å². The minimum atomic E-state index is 0.935. The van der Waals surface area contributed by atoms with Crippen molar-refractivity contribution in [3.05, 3.63) is 11.6 Å². The Kier molecular flexibility index (Phi) is 5.57. The summed E-state index contributed by atoms with van der Waals surface area (Å²) in [4.78, 5) is 0. The Morgan fingerprint density at radius 3 is 2.67 bits per heavy atom. The van der Waals surface area contributed by atoms with Gasteiger partial charge >= 0.3 is 0 Å². The first-order valence-electron chi connectivity index (χ1n) is 3.36. The number of nitrogens with one attached hydrogen (secondary N) is 2. The summed E-state index contributed by atoms with van der Waals surface area (Å²) in [6.45, 7) is 5.20. The number of hydrogen-bond acceptors (Lipinski definition) is 2. The lowest BCUT2D eigenvalue weighted by atomic mass is 10.2. The van der Waals surface area contributed by atoms with Crippen LogP contribution in [0.15, 0.2) is 11.6 Å². The number of hydrogen-bond donors (Lipinski definition) is 2. The summed E-state index contributed by atoms with van der Waals surface area (Å²) in [6.07, 6.45) is 3.33. The SMILES string of the molecule is CCC=C(C)CNNC. The molecule has 0 heterocycles. The van der Waals surface area contributed by atoms with E-state index in [1.165, 1.54) is 5.57 Å². The van der Waals surface area contributed by atoms with Crippen molar-refractivity contribution in [2.45, 2.75) is 20.3 Å². The summed E-state index contributed by atoms with van der Waals surface area (Å²) in [5.41, 5.74) is 7.26. The molecule has 0 amide bonds. The van der Waals surface area contributed by atoms with Crippen LogP contribution in [0.2, 0.25) is 0 Å². The van der Waals surface area contributed by atoms with E-state index in [2.05, 4.69) is 30.8 Å². The second-order valence-corrected chi connectivity index (χ2v) is 2.06. The number of hydrazine groups is 1. The Balaban J connectivity index is 3.25. The van der Waals surface area contributed by atoms with Crippen molar-refractivity contribution in [2.75, 3.05) is 13.6 Å². The van der Waals surface area contributed by atoms with Gasteiger partial charge in [-0.05, 0) is 20.4 Å². The minimum absolute atomic E-state index is 0.935. The van der Waals surface area contributed by atoms with E-state index in [4.69, 9.17) is 0 Å². The molecule has 0 aliphatic rings. The molecule has 2 heteroatoms. The third-order valence-electron chi connectivity index (χ3n) is 1.10. The molecular formula is C7H16N2. The highest BCUT2D eigenvalue weighted by molar-refractivity contribution is 4.98. The average molecular weight is 128 g/mol. The lowest BCUT2D eigenvalue weighted by Crippen LogP contribution is -2.28. The van der Waals surface area contributed by atoms with E-state index in [0.717, 1.165) is 13.0 Å². The van der Waals surface area contributed by atoms with E-state index in [9.17, 15) is 0 Å². The van der Waals surface area contributed by atoms with Gasteiger partial charge in [-0.2, -0.15) is 0 Å². The van der Waals surface area contributed by atoms with Crippen molar-refractivity contribution in [3.63, 3.8) is 0 Å². The van der Waals surface area contributed by atoms with E-state index in [1.54, 1.807) is 0 Å². The van der Waals surface area contributed by atoms with Gasteiger partial charge in [0.25, 0.3) is 0 Å². The zero-order valence-electron chi connectivity index (χ0n) is 6.49. The molecular weight excluding hydrogens is 112 g/mol. The molecule has 0 bridgehead atoms. The van der Waals surface area contributed by atoms with Gasteiger partial charge in [0.2, 0.25) is 0 Å². The maximum absolute atomic E-state index is 3.01. The maximum atomic E-state index is 3.01. The summed E-state index contributed by atoms with van der Waals surface area (Å²) in [5, 5.41) is 0. The third kappa shape index (κ3) is 5.53. The summed E-state index contributed by atoms with van der Waals surface area (Å²) >= 11 is 0. The molecule has 2 N–H and O–H groups in total. The molecule has 0 aliphatic carbocycles. The predicted molar refractivity (Wildman–Crippen MR) is 41.1 cm³/mol. The largest absolute Gasteiger partial charge is 0.261 e. The van der Waals surface area contributed by atoms with Gasteiger partial charge in [0.15, 0.2) is 0 Å². The maximum Gasteiger partial charge on any atom is 0.0307 e. The van der Waals surface area contributed by atoms with E-state index < -0.39 is 0 Å². The molecule has 2 nitrogen and oxygen atoms in total. The van der Waals surface area contributed by atoms with Crippen LogP contribution in [0.3, 0.4) is 0 Å². The highest BCUT2D eigenvalue weighted by Gasteiger charge is 1.83. The molecule has 9 heavy (non-hydrogen) atoms. The molecule has 0 spiro atoms. The molecule has 0 fully saturated rings. The van der Waals surface area contributed by atoms with Crippen LogP contribution in [0.1, 0.15) is 20.3 Å². The minimum Gasteiger partial charge on any atom is -0.261 e. The quantitative estimate of drug-likeness (QED) is 0.437. The molecule has 0 radical (unpaired) electrons. The normalized spacial score (nSPS) is 12.1. The lowest BCUT2D eigenvalue weighted by molar-refractivity contribution is 0.632. The van der Waals surface area contributed by atoms with Crippen molar-refractivity contribution in [1.82, 2.24) is 10.9 Å². The van der Waals surface area contributed by atoms with Crippen molar-refractivity contribution < 1.29 is 0 Å². The fourth-order valence-electron chi connectivity index (χ4n) is 0.648. The molecule has 54 valence electrons. The van der Waals surface area contributed by atoms with Crippen molar-refractivity contribution in [3.8, 4) is 0 Å². The molecule has 0 aromatic heterocycles. The topological polar surface area (TPSA) is 24.1 Å². The van der Waals surface area contributed by atoms with Gasteiger partial charge in [0, 0.05) is 6.54 Å². The van der Waals surface area contributed by atoms with Crippen LogP contribution in [0, 0.1) is 0 Å². The van der Waals surface area contributed by atoms with Crippen molar-refractivity contribution in [1.29, 1.82) is 0 Å². The van der Waals surface area contributed by atoms with Crippen molar-refractivity contribution >= 4 is 0 Å². The first-order chi connectivity index (χ1) is 4.31. The standard InChI is InChI=1S/C7H16N2/c1-4-5-7(2)6-9-8-3/h5,8-9H,4,6H2,1-3H3. The highest BCUT2D eigenvalue weighted by Crippen LogP contribution is 1.90. The first-order valence-corrected chi connectivity index (χ1v) is 3.36. The molecule has 0 saturated carbocycles. The van der Waals surface area contributed by atoms with Gasteiger partial charge in [-0.1, -0.05) is 18.6 Å². The Morgan fingerprint density at radius 2 is 2.22 bits per heavy atom. The molecule has 0 aliphatic heterocycles. The van der Waals surface area contributed by atoms with Crippen LogP contribution in [0.5, 0.6) is 0 Å². The van der Waals surface area contributed by atoms with Gasteiger partial charge < -0.3 is 0 Å². The summed E-state index contributed by atoms with van der Waals surface area (Å²) < 4.78 is 0. The number of rotatable bonds is 4. The smallest absolute Gasteiger partial charge is 0.0307 e. The van der Waals surface area contributed by atoms with E-state index in [-0.39, 0.29) is 0 Å². The van der Waals surface area contributed by atoms with E-state index in [0.29, 0.717) is 0 Å². The lowest BCUT2D eigenvalue weighted by Gasteiger charge is -2.00. The predicted octanol–water partition coefficient (Wildman–Crippen LogP) is 1.07. The van der Waals surface area contributed by atoms with E-state index in [1.807, 2.05) is 7.05 Å². The average Bonchev–Trinajstić information content (AvgIpc) is 1.85. The molecule has 0 unspecified atom stereocenters. The van der Waals surface area contributed by atoms with Crippen LogP contribution < -0.4 is 10.9 Å². The van der Waals surface area contributed by atoms with Crippen LogP contribution in [-0.2, 0) is 0 Å². The van der Waals surface area contributed by atoms with Crippen molar-refractivity contribution in [2.24, 2.45) is 0 Å². The molecule has 0 rings (SSSR count). The van der Waals surface area contributed by atoms with Gasteiger partial charge in [-0.25, -0.2) is 0 Å². The van der Waals surface area contributed by atoms with Gasteiger partial charge in [-0.3, -0.25) is 10.9 Å². The fraction of sp³-hybridized carbons (Fsp3) is 0.714. The Bertz CT molecular complexity index is 86.9. The number of allylic oxidation sites excluding steroid dienone is 1. The molecule has 0 aromatic carbocycles. The molecule has 0 aromatic rings. The zero-order chi connectivity index (χ0) is 7.11.